The molecule has 5 nitrogen and oxygen atoms in total. The van der Waals surface area contributed by atoms with E-state index in [4.69, 9.17) is 11.6 Å². The molecule has 0 saturated heterocycles. The monoisotopic (exact) mass is 358 g/mol. The van der Waals surface area contributed by atoms with Crippen LogP contribution in [-0.4, -0.2) is 9.67 Å². The van der Waals surface area contributed by atoms with E-state index in [-0.39, 0.29) is 5.75 Å². The van der Waals surface area contributed by atoms with Gasteiger partial charge in [-0.05, 0) is 43.3 Å². The Bertz CT molecular complexity index is 1150. The number of hydrogen-bond acceptors (Lipinski definition) is 4. The lowest BCUT2D eigenvalue weighted by Crippen LogP contribution is -2.29. The molecule has 0 atom stereocenters. The summed E-state index contributed by atoms with van der Waals surface area (Å²) in [5.74, 6) is 6.66. The quantitative estimate of drug-likeness (QED) is 0.378. The molecule has 0 fully saturated rings. The zero-order valence-electron chi connectivity index (χ0n) is 15.1. The van der Waals surface area contributed by atoms with Gasteiger partial charge in [-0.2, -0.15) is 0 Å². The standard InChI is InChI=1S/C22H22N4O/c1-2-25-20-10-8-16(12-18(20)19-13-17(27)9-11-21(19)25)26(24)22(14-23)15-6-4-3-5-7-15/h3-14,27H,2,23-24H2,1H3/b22-14-. The molecule has 0 aliphatic heterocycles. The van der Waals surface area contributed by atoms with Crippen LogP contribution in [0, 0.1) is 0 Å². The summed E-state index contributed by atoms with van der Waals surface area (Å²) in [5, 5.41) is 13.6. The molecule has 0 amide bonds. The number of nitrogens with two attached hydrogens (primary N) is 2. The van der Waals surface area contributed by atoms with E-state index in [9.17, 15) is 5.11 Å². The van der Waals surface area contributed by atoms with Gasteiger partial charge in [-0.3, -0.25) is 5.01 Å². The number of aromatic nitrogens is 1. The normalized spacial score (nSPS) is 12.0. The second-order valence-corrected chi connectivity index (χ2v) is 6.44. The summed E-state index contributed by atoms with van der Waals surface area (Å²) in [5.41, 5.74) is 10.5. The van der Waals surface area contributed by atoms with Crippen molar-refractivity contribution in [2.45, 2.75) is 13.5 Å². The van der Waals surface area contributed by atoms with Crippen LogP contribution in [0.4, 0.5) is 5.69 Å². The zero-order valence-corrected chi connectivity index (χ0v) is 15.1. The first-order chi connectivity index (χ1) is 13.1. The van der Waals surface area contributed by atoms with Crippen LogP contribution in [0.3, 0.4) is 0 Å². The van der Waals surface area contributed by atoms with E-state index in [1.54, 1.807) is 17.1 Å². The minimum Gasteiger partial charge on any atom is -0.508 e. The average Bonchev–Trinajstić information content (AvgIpc) is 3.01. The SMILES string of the molecule is CCn1c2ccc(O)cc2c2cc(N(N)/C(=C\N)c3ccccc3)ccc21. The van der Waals surface area contributed by atoms with E-state index >= 15 is 0 Å². The Morgan fingerprint density at radius 3 is 2.33 bits per heavy atom. The van der Waals surface area contributed by atoms with E-state index in [0.717, 1.165) is 45.3 Å². The molecule has 0 saturated carbocycles. The fraction of sp³-hybridized carbons (Fsp3) is 0.0909. The molecule has 1 heterocycles. The van der Waals surface area contributed by atoms with Crippen LogP contribution < -0.4 is 16.6 Å². The van der Waals surface area contributed by atoms with Gasteiger partial charge in [0.05, 0.1) is 11.4 Å². The third-order valence-electron chi connectivity index (χ3n) is 4.91. The Kier molecular flexibility index (Phi) is 4.22. The van der Waals surface area contributed by atoms with Gasteiger partial charge in [0.2, 0.25) is 0 Å². The highest BCUT2D eigenvalue weighted by atomic mass is 16.3. The van der Waals surface area contributed by atoms with E-state index in [1.165, 1.54) is 6.20 Å². The molecule has 0 aliphatic carbocycles. The van der Waals surface area contributed by atoms with Crippen LogP contribution in [0.1, 0.15) is 12.5 Å². The molecule has 5 heteroatoms. The van der Waals surface area contributed by atoms with Crippen molar-refractivity contribution in [1.29, 1.82) is 0 Å². The average molecular weight is 358 g/mol. The van der Waals surface area contributed by atoms with Crippen molar-refractivity contribution in [3.8, 4) is 5.75 Å². The summed E-state index contributed by atoms with van der Waals surface area (Å²) in [6.45, 7) is 2.95. The fourth-order valence-electron chi connectivity index (χ4n) is 3.63. The van der Waals surface area contributed by atoms with Gasteiger partial charge in [0.15, 0.2) is 0 Å². The fourth-order valence-corrected chi connectivity index (χ4v) is 3.63. The molecular weight excluding hydrogens is 336 g/mol. The third kappa shape index (κ3) is 2.78. The van der Waals surface area contributed by atoms with Crippen molar-refractivity contribution in [2.75, 3.05) is 5.01 Å². The van der Waals surface area contributed by atoms with Crippen molar-refractivity contribution >= 4 is 33.2 Å². The zero-order chi connectivity index (χ0) is 19.0. The van der Waals surface area contributed by atoms with Gasteiger partial charge in [-0.15, -0.1) is 0 Å². The molecule has 0 radical (unpaired) electrons. The smallest absolute Gasteiger partial charge is 0.116 e. The molecule has 5 N–H and O–H groups in total. The Morgan fingerprint density at radius 2 is 1.67 bits per heavy atom. The van der Waals surface area contributed by atoms with Gasteiger partial charge in [-0.25, -0.2) is 5.84 Å². The molecule has 0 aliphatic rings. The summed E-state index contributed by atoms with van der Waals surface area (Å²) in [7, 11) is 0. The Balaban J connectivity index is 1.88. The highest BCUT2D eigenvalue weighted by Gasteiger charge is 2.15. The topological polar surface area (TPSA) is 80.4 Å². The number of hydrogen-bond donors (Lipinski definition) is 3. The summed E-state index contributed by atoms with van der Waals surface area (Å²) in [6.07, 6.45) is 1.51. The summed E-state index contributed by atoms with van der Waals surface area (Å²) in [6, 6.07) is 21.3. The highest BCUT2D eigenvalue weighted by molar-refractivity contribution is 6.09. The molecule has 4 aromatic rings. The second kappa shape index (κ2) is 6.70. The van der Waals surface area contributed by atoms with E-state index in [2.05, 4.69) is 17.6 Å². The number of anilines is 1. The number of nitrogens with zero attached hydrogens (tertiary/aromatic N) is 2. The van der Waals surface area contributed by atoms with Gasteiger partial charge in [0, 0.05) is 40.1 Å². The van der Waals surface area contributed by atoms with E-state index in [0.29, 0.717) is 0 Å². The predicted molar refractivity (Wildman–Crippen MR) is 112 cm³/mol. The van der Waals surface area contributed by atoms with Crippen LogP contribution in [-0.2, 0) is 6.54 Å². The van der Waals surface area contributed by atoms with Crippen LogP contribution >= 0.6 is 0 Å². The number of aromatic hydroxyl groups is 1. The first kappa shape index (κ1) is 17.0. The van der Waals surface area contributed by atoms with Gasteiger partial charge in [0.1, 0.15) is 5.75 Å². The lowest BCUT2D eigenvalue weighted by Gasteiger charge is -2.22. The van der Waals surface area contributed by atoms with Crippen LogP contribution in [0.2, 0.25) is 0 Å². The number of hydrazine groups is 1. The lowest BCUT2D eigenvalue weighted by atomic mass is 10.1. The summed E-state index contributed by atoms with van der Waals surface area (Å²) in [4.78, 5) is 0. The van der Waals surface area contributed by atoms with Gasteiger partial charge < -0.3 is 15.4 Å². The molecule has 0 unspecified atom stereocenters. The number of phenolic OH excluding ortho intramolecular Hbond substituents is 1. The first-order valence-corrected chi connectivity index (χ1v) is 8.91. The van der Waals surface area contributed by atoms with Gasteiger partial charge in [0.25, 0.3) is 0 Å². The maximum absolute atomic E-state index is 9.96. The Labute approximate surface area is 157 Å². The lowest BCUT2D eigenvalue weighted by molar-refractivity contribution is 0.476. The molecule has 1 aromatic heterocycles. The number of phenols is 1. The number of rotatable bonds is 4. The molecule has 4 rings (SSSR count). The molecule has 0 spiro atoms. The maximum atomic E-state index is 9.96. The predicted octanol–water partition coefficient (Wildman–Crippen LogP) is 4.16. The van der Waals surface area contributed by atoms with Gasteiger partial charge >= 0.3 is 0 Å². The summed E-state index contributed by atoms with van der Waals surface area (Å²) < 4.78 is 2.23. The molecule has 0 bridgehead atoms. The maximum Gasteiger partial charge on any atom is 0.116 e. The van der Waals surface area contributed by atoms with Crippen molar-refractivity contribution in [2.24, 2.45) is 11.6 Å². The van der Waals surface area contributed by atoms with Crippen LogP contribution in [0.15, 0.2) is 72.9 Å². The number of aryl methyl sites for hydroxylation is 1. The molecule has 136 valence electrons. The minimum atomic E-state index is 0.250. The Morgan fingerprint density at radius 1 is 1.00 bits per heavy atom. The van der Waals surface area contributed by atoms with Crippen molar-refractivity contribution in [1.82, 2.24) is 4.57 Å². The van der Waals surface area contributed by atoms with Crippen molar-refractivity contribution < 1.29 is 5.11 Å². The van der Waals surface area contributed by atoms with E-state index in [1.807, 2.05) is 48.5 Å². The summed E-state index contributed by atoms with van der Waals surface area (Å²) >= 11 is 0. The van der Waals surface area contributed by atoms with Gasteiger partial charge in [-0.1, -0.05) is 30.3 Å². The second-order valence-electron chi connectivity index (χ2n) is 6.44. The molecule has 27 heavy (non-hydrogen) atoms. The van der Waals surface area contributed by atoms with Crippen molar-refractivity contribution in [3.63, 3.8) is 0 Å². The van der Waals surface area contributed by atoms with Crippen LogP contribution in [0.5, 0.6) is 5.75 Å². The van der Waals surface area contributed by atoms with Crippen LogP contribution in [0.25, 0.3) is 27.5 Å². The Hall–Kier alpha value is -3.44. The highest BCUT2D eigenvalue weighted by Crippen LogP contribution is 2.34. The largest absolute Gasteiger partial charge is 0.508 e. The molecular formula is C22H22N4O. The van der Waals surface area contributed by atoms with Crippen molar-refractivity contribution in [3.05, 3.63) is 78.5 Å². The molecule has 3 aromatic carbocycles. The minimum absolute atomic E-state index is 0.250. The number of fused-ring (bicyclic) bond motifs is 3. The first-order valence-electron chi connectivity index (χ1n) is 8.91. The third-order valence-corrected chi connectivity index (χ3v) is 4.91. The number of benzene rings is 3. The van der Waals surface area contributed by atoms with E-state index < -0.39 is 0 Å².